The Kier molecular flexibility index (Phi) is 5.77. The minimum Gasteiger partial charge on any atom is -0.366 e. The summed E-state index contributed by atoms with van der Waals surface area (Å²) in [6, 6.07) is 11.0. The summed E-state index contributed by atoms with van der Waals surface area (Å²) in [5.74, 6) is -1.23. The zero-order valence-electron chi connectivity index (χ0n) is 15.4. The number of amides is 2. The van der Waals surface area contributed by atoms with Crippen LogP contribution in [0.4, 0.5) is 5.69 Å². The maximum atomic E-state index is 13.1. The quantitative estimate of drug-likeness (QED) is 0.397. The zero-order chi connectivity index (χ0) is 22.3. The van der Waals surface area contributed by atoms with Crippen LogP contribution in [0.15, 0.2) is 48.7 Å². The van der Waals surface area contributed by atoms with Crippen LogP contribution in [0.5, 0.6) is 0 Å². The molecule has 0 aliphatic rings. The molecule has 0 atom stereocenters. The number of aromatic nitrogens is 3. The first-order valence-electron chi connectivity index (χ1n) is 8.65. The van der Waals surface area contributed by atoms with Gasteiger partial charge in [-0.2, -0.15) is 5.10 Å². The zero-order valence-corrected chi connectivity index (χ0v) is 18.4. The van der Waals surface area contributed by atoms with Crippen molar-refractivity contribution in [1.82, 2.24) is 14.8 Å². The van der Waals surface area contributed by atoms with E-state index < -0.39 is 11.8 Å². The summed E-state index contributed by atoms with van der Waals surface area (Å²) in [4.78, 5) is 29.3. The number of primary amides is 1. The van der Waals surface area contributed by atoms with Crippen LogP contribution in [0.2, 0.25) is 20.2 Å². The number of carbonyl (C=O) groups excluding carboxylic acids is 2. The Hall–Kier alpha value is -2.84. The molecule has 4 aromatic rings. The van der Waals surface area contributed by atoms with Gasteiger partial charge in [0.1, 0.15) is 5.69 Å². The Bertz CT molecular complexity index is 1370. The summed E-state index contributed by atoms with van der Waals surface area (Å²) in [7, 11) is 0. The van der Waals surface area contributed by atoms with Gasteiger partial charge in [0, 0.05) is 22.7 Å². The lowest BCUT2D eigenvalue weighted by atomic mass is 10.0. The van der Waals surface area contributed by atoms with Crippen LogP contribution in [0, 0.1) is 0 Å². The van der Waals surface area contributed by atoms with E-state index in [1.54, 1.807) is 30.3 Å². The van der Waals surface area contributed by atoms with E-state index in [-0.39, 0.29) is 38.0 Å². The number of hydrogen-bond donors (Lipinski definition) is 2. The summed E-state index contributed by atoms with van der Waals surface area (Å²) in [6.45, 7) is 0. The van der Waals surface area contributed by atoms with E-state index in [2.05, 4.69) is 15.4 Å². The smallest absolute Gasteiger partial charge is 0.274 e. The van der Waals surface area contributed by atoms with Crippen LogP contribution < -0.4 is 11.1 Å². The molecule has 2 aromatic heterocycles. The molecule has 156 valence electrons. The van der Waals surface area contributed by atoms with Crippen molar-refractivity contribution in [1.29, 1.82) is 0 Å². The van der Waals surface area contributed by atoms with E-state index >= 15 is 0 Å². The average molecular weight is 495 g/mol. The maximum Gasteiger partial charge on any atom is 0.274 e. The molecule has 7 nitrogen and oxygen atoms in total. The number of benzene rings is 2. The van der Waals surface area contributed by atoms with Gasteiger partial charge in [-0.15, -0.1) is 0 Å². The van der Waals surface area contributed by atoms with Crippen molar-refractivity contribution in [3.05, 3.63) is 80.1 Å². The van der Waals surface area contributed by atoms with Crippen LogP contribution in [0.1, 0.15) is 20.8 Å². The van der Waals surface area contributed by atoms with Gasteiger partial charge in [0.2, 0.25) is 0 Å². The number of carbonyl (C=O) groups is 2. The first-order valence-corrected chi connectivity index (χ1v) is 10.2. The van der Waals surface area contributed by atoms with Gasteiger partial charge in [0.05, 0.1) is 21.3 Å². The average Bonchev–Trinajstić information content (AvgIpc) is 3.11. The Morgan fingerprint density at radius 2 is 1.81 bits per heavy atom. The van der Waals surface area contributed by atoms with Gasteiger partial charge in [-0.3, -0.25) is 9.59 Å². The van der Waals surface area contributed by atoms with Gasteiger partial charge < -0.3 is 11.1 Å². The molecule has 0 fully saturated rings. The molecule has 0 radical (unpaired) electrons. The third kappa shape index (κ3) is 4.05. The predicted octanol–water partition coefficient (Wildman–Crippen LogP) is 5.39. The van der Waals surface area contributed by atoms with Crippen LogP contribution >= 0.6 is 46.4 Å². The fraction of sp³-hybridized carbons (Fsp3) is 0. The van der Waals surface area contributed by atoms with E-state index in [4.69, 9.17) is 52.1 Å². The third-order valence-corrected chi connectivity index (χ3v) is 5.50. The first-order chi connectivity index (χ1) is 14.8. The van der Waals surface area contributed by atoms with Crippen LogP contribution in [-0.2, 0) is 0 Å². The number of nitrogens with two attached hydrogens (primary N) is 1. The number of pyridine rings is 1. The second-order valence-electron chi connectivity index (χ2n) is 6.37. The van der Waals surface area contributed by atoms with Crippen molar-refractivity contribution >= 4 is 74.7 Å². The molecular weight excluding hydrogens is 484 g/mol. The summed E-state index contributed by atoms with van der Waals surface area (Å²) in [5, 5.41) is 8.77. The fourth-order valence-electron chi connectivity index (χ4n) is 3.04. The number of halogens is 4. The number of fused-ring (bicyclic) bond motifs is 1. The van der Waals surface area contributed by atoms with Crippen molar-refractivity contribution in [2.75, 3.05) is 5.32 Å². The fourth-order valence-corrected chi connectivity index (χ4v) is 3.92. The number of nitrogens with zero attached hydrogens (tertiary/aromatic N) is 3. The molecule has 0 saturated carbocycles. The SMILES string of the molecule is NC(=O)c1cc2cc(Cl)ccc2c(Cl)c1NC(=O)c1cc(Cl)nn1-c1ncccc1Cl. The largest absolute Gasteiger partial charge is 0.366 e. The number of rotatable bonds is 4. The van der Waals surface area contributed by atoms with Crippen molar-refractivity contribution < 1.29 is 9.59 Å². The lowest BCUT2D eigenvalue weighted by molar-refractivity contribution is 0.100. The van der Waals surface area contributed by atoms with Gasteiger partial charge in [0.25, 0.3) is 11.8 Å². The molecule has 2 amide bonds. The second kappa shape index (κ2) is 8.36. The molecule has 31 heavy (non-hydrogen) atoms. The summed E-state index contributed by atoms with van der Waals surface area (Å²) >= 11 is 24.8. The monoisotopic (exact) mass is 493 g/mol. The topological polar surface area (TPSA) is 103 Å². The van der Waals surface area contributed by atoms with Crippen molar-refractivity contribution in [3.8, 4) is 5.82 Å². The molecule has 2 aromatic carbocycles. The van der Waals surface area contributed by atoms with E-state index in [1.165, 1.54) is 23.0 Å². The number of anilines is 1. The molecule has 11 heteroatoms. The number of nitrogens with one attached hydrogen (secondary N) is 1. The van der Waals surface area contributed by atoms with E-state index in [1.807, 2.05) is 0 Å². The van der Waals surface area contributed by atoms with Crippen LogP contribution in [-0.4, -0.2) is 26.6 Å². The minimum absolute atomic E-state index is 0.0150. The van der Waals surface area contributed by atoms with Gasteiger partial charge in [0.15, 0.2) is 11.0 Å². The van der Waals surface area contributed by atoms with E-state index in [0.717, 1.165) is 0 Å². The molecular formula is C20H11Cl4N5O2. The van der Waals surface area contributed by atoms with Crippen LogP contribution in [0.3, 0.4) is 0 Å². The predicted molar refractivity (Wildman–Crippen MR) is 122 cm³/mol. The highest BCUT2D eigenvalue weighted by atomic mass is 35.5. The Morgan fingerprint density at radius 3 is 2.52 bits per heavy atom. The summed E-state index contributed by atoms with van der Waals surface area (Å²) in [5.41, 5.74) is 5.61. The second-order valence-corrected chi connectivity index (χ2v) is 7.98. The highest BCUT2D eigenvalue weighted by Gasteiger charge is 2.23. The van der Waals surface area contributed by atoms with E-state index in [9.17, 15) is 9.59 Å². The summed E-state index contributed by atoms with van der Waals surface area (Å²) in [6.07, 6.45) is 1.50. The molecule has 0 unspecified atom stereocenters. The van der Waals surface area contributed by atoms with Gasteiger partial charge in [-0.1, -0.05) is 52.5 Å². The Morgan fingerprint density at radius 1 is 1.03 bits per heavy atom. The minimum atomic E-state index is -0.779. The molecule has 0 aliphatic heterocycles. The van der Waals surface area contributed by atoms with Crippen molar-refractivity contribution in [3.63, 3.8) is 0 Å². The normalized spacial score (nSPS) is 11.0. The number of hydrogen-bond acceptors (Lipinski definition) is 4. The van der Waals surface area contributed by atoms with Gasteiger partial charge in [-0.05, 0) is 35.7 Å². The molecule has 0 saturated heterocycles. The van der Waals surface area contributed by atoms with Gasteiger partial charge in [-0.25, -0.2) is 9.67 Å². The highest BCUT2D eigenvalue weighted by Crippen LogP contribution is 2.36. The van der Waals surface area contributed by atoms with Crippen molar-refractivity contribution in [2.24, 2.45) is 5.73 Å². The molecule has 2 heterocycles. The first kappa shape index (κ1) is 21.4. The molecule has 3 N–H and O–H groups in total. The lowest BCUT2D eigenvalue weighted by Crippen LogP contribution is -2.21. The van der Waals surface area contributed by atoms with Crippen LogP contribution in [0.25, 0.3) is 16.6 Å². The standard InChI is InChI=1S/C20H11Cl4N5O2/c21-10-3-4-11-9(6-10)7-12(18(25)30)17(16(11)24)27-20(31)14-8-15(23)28-29(14)19-13(22)2-1-5-26-19/h1-8H,(H2,25,30)(H,27,31). The van der Waals surface area contributed by atoms with E-state index in [0.29, 0.717) is 15.8 Å². The third-order valence-electron chi connectivity index (χ3n) is 4.39. The van der Waals surface area contributed by atoms with Crippen molar-refractivity contribution in [2.45, 2.75) is 0 Å². The van der Waals surface area contributed by atoms with Gasteiger partial charge >= 0.3 is 0 Å². The highest BCUT2D eigenvalue weighted by molar-refractivity contribution is 6.40. The molecule has 0 spiro atoms. The maximum absolute atomic E-state index is 13.1. The lowest BCUT2D eigenvalue weighted by Gasteiger charge is -2.14. The molecule has 0 bridgehead atoms. The summed E-state index contributed by atoms with van der Waals surface area (Å²) < 4.78 is 1.19. The Labute approximate surface area is 195 Å². The molecule has 4 rings (SSSR count). The molecule has 0 aliphatic carbocycles. The Balaban J connectivity index is 1.82.